The van der Waals surface area contributed by atoms with Crippen molar-refractivity contribution < 1.29 is 14.3 Å². The van der Waals surface area contributed by atoms with Crippen molar-refractivity contribution in [3.8, 4) is 11.5 Å². The highest BCUT2D eigenvalue weighted by Gasteiger charge is 2.34. The van der Waals surface area contributed by atoms with Crippen molar-refractivity contribution in [2.24, 2.45) is 5.92 Å². The summed E-state index contributed by atoms with van der Waals surface area (Å²) in [5.74, 6) is 2.34. The van der Waals surface area contributed by atoms with Crippen LogP contribution in [-0.2, 0) is 4.79 Å². The first kappa shape index (κ1) is 18.4. The van der Waals surface area contributed by atoms with E-state index in [1.807, 2.05) is 18.2 Å². The monoisotopic (exact) mass is 373 g/mol. The van der Waals surface area contributed by atoms with Gasteiger partial charge in [0.25, 0.3) is 0 Å². The zero-order valence-electron chi connectivity index (χ0n) is 16.4. The number of piperidine rings is 1. The minimum absolute atomic E-state index is 0.216. The molecule has 1 amide bonds. The average molecular weight is 373 g/mol. The molecule has 1 aromatic rings. The number of ether oxygens (including phenoxy) is 2. The standard InChI is InChI=1S/C21H31N3O3/c1-26-19-10-18(11-20(12-19)27-2)24-6-5-17(13-24)23-21(25)9-14-7-15-3-4-16(8-14)22-15/h10-12,14-17,22H,3-9,13H2,1-2H3,(H,23,25). The van der Waals surface area contributed by atoms with E-state index in [-0.39, 0.29) is 11.9 Å². The predicted molar refractivity (Wildman–Crippen MR) is 106 cm³/mol. The van der Waals surface area contributed by atoms with Crippen LogP contribution in [0, 0.1) is 5.92 Å². The number of nitrogens with one attached hydrogen (secondary N) is 2. The molecule has 0 radical (unpaired) electrons. The summed E-state index contributed by atoms with van der Waals surface area (Å²) >= 11 is 0. The molecule has 3 fully saturated rings. The number of carbonyl (C=O) groups excluding carboxylic acids is 1. The van der Waals surface area contributed by atoms with Gasteiger partial charge in [0.1, 0.15) is 11.5 Å². The van der Waals surface area contributed by atoms with E-state index >= 15 is 0 Å². The van der Waals surface area contributed by atoms with Gasteiger partial charge in [-0.3, -0.25) is 4.79 Å². The Morgan fingerprint density at radius 3 is 2.41 bits per heavy atom. The highest BCUT2D eigenvalue weighted by molar-refractivity contribution is 5.76. The summed E-state index contributed by atoms with van der Waals surface area (Å²) < 4.78 is 10.7. The molecule has 3 heterocycles. The van der Waals surface area contributed by atoms with Gasteiger partial charge in [0.05, 0.1) is 14.2 Å². The molecule has 2 N–H and O–H groups in total. The third kappa shape index (κ3) is 4.32. The predicted octanol–water partition coefficient (Wildman–Crippen LogP) is 2.32. The molecule has 6 heteroatoms. The van der Waals surface area contributed by atoms with Crippen molar-refractivity contribution in [1.82, 2.24) is 10.6 Å². The van der Waals surface area contributed by atoms with Gasteiger partial charge < -0.3 is 25.0 Å². The number of fused-ring (bicyclic) bond motifs is 2. The van der Waals surface area contributed by atoms with Crippen molar-refractivity contribution in [2.45, 2.75) is 56.7 Å². The second kappa shape index (κ2) is 7.97. The van der Waals surface area contributed by atoms with Gasteiger partial charge in [-0.15, -0.1) is 0 Å². The zero-order valence-corrected chi connectivity index (χ0v) is 16.4. The van der Waals surface area contributed by atoms with Crippen LogP contribution in [0.25, 0.3) is 0 Å². The average Bonchev–Trinajstić information content (AvgIpc) is 3.27. The molecule has 3 saturated heterocycles. The number of hydrogen-bond acceptors (Lipinski definition) is 5. The molecule has 0 aliphatic carbocycles. The first-order valence-electron chi connectivity index (χ1n) is 10.2. The lowest BCUT2D eigenvalue weighted by Gasteiger charge is -2.29. The number of carbonyl (C=O) groups is 1. The largest absolute Gasteiger partial charge is 0.497 e. The molecule has 148 valence electrons. The summed E-state index contributed by atoms with van der Waals surface area (Å²) in [5, 5.41) is 6.92. The van der Waals surface area contributed by atoms with E-state index < -0.39 is 0 Å². The molecular formula is C21H31N3O3. The van der Waals surface area contributed by atoms with E-state index in [1.165, 1.54) is 12.8 Å². The molecule has 3 aliphatic heterocycles. The van der Waals surface area contributed by atoms with Gasteiger partial charge in [-0.25, -0.2) is 0 Å². The summed E-state index contributed by atoms with van der Waals surface area (Å²) in [6.45, 7) is 1.76. The molecule has 3 aliphatic rings. The highest BCUT2D eigenvalue weighted by Crippen LogP contribution is 2.33. The van der Waals surface area contributed by atoms with Crippen LogP contribution in [0.4, 0.5) is 5.69 Å². The van der Waals surface area contributed by atoms with Gasteiger partial charge in [-0.1, -0.05) is 0 Å². The van der Waals surface area contributed by atoms with Crippen LogP contribution in [0.5, 0.6) is 11.5 Å². The maximum atomic E-state index is 12.6. The van der Waals surface area contributed by atoms with Crippen LogP contribution in [0.2, 0.25) is 0 Å². The fourth-order valence-corrected chi connectivity index (χ4v) is 4.98. The number of rotatable bonds is 6. The van der Waals surface area contributed by atoms with Crippen molar-refractivity contribution in [2.75, 3.05) is 32.2 Å². The zero-order chi connectivity index (χ0) is 18.8. The molecule has 1 aromatic carbocycles. The van der Waals surface area contributed by atoms with Gasteiger partial charge in [0.15, 0.2) is 0 Å². The lowest BCUT2D eigenvalue weighted by molar-refractivity contribution is -0.122. The van der Waals surface area contributed by atoms with E-state index in [0.29, 0.717) is 24.4 Å². The van der Waals surface area contributed by atoms with E-state index in [4.69, 9.17) is 9.47 Å². The fourth-order valence-electron chi connectivity index (χ4n) is 4.98. The Morgan fingerprint density at radius 1 is 1.11 bits per heavy atom. The molecule has 6 nitrogen and oxygen atoms in total. The number of amides is 1. The normalized spacial score (nSPS) is 29.6. The Kier molecular flexibility index (Phi) is 5.43. The molecular weight excluding hydrogens is 342 g/mol. The first-order valence-corrected chi connectivity index (χ1v) is 10.2. The second-order valence-electron chi connectivity index (χ2n) is 8.25. The number of benzene rings is 1. The Balaban J connectivity index is 1.30. The smallest absolute Gasteiger partial charge is 0.220 e. The molecule has 3 unspecified atom stereocenters. The SMILES string of the molecule is COc1cc(OC)cc(N2CCC(NC(=O)CC3CC4CCC(C3)N4)C2)c1. The van der Waals surface area contributed by atoms with Crippen LogP contribution in [0.1, 0.15) is 38.5 Å². The van der Waals surface area contributed by atoms with Crippen LogP contribution in [0.15, 0.2) is 18.2 Å². The molecule has 3 atom stereocenters. The maximum absolute atomic E-state index is 12.6. The van der Waals surface area contributed by atoms with Gasteiger partial charge in [-0.2, -0.15) is 0 Å². The summed E-state index contributed by atoms with van der Waals surface area (Å²) in [4.78, 5) is 14.8. The van der Waals surface area contributed by atoms with E-state index in [1.54, 1.807) is 14.2 Å². The van der Waals surface area contributed by atoms with Gasteiger partial charge in [-0.05, 0) is 38.0 Å². The van der Waals surface area contributed by atoms with Gasteiger partial charge >= 0.3 is 0 Å². The summed E-state index contributed by atoms with van der Waals surface area (Å²) in [7, 11) is 3.33. The molecule has 2 bridgehead atoms. The van der Waals surface area contributed by atoms with Gasteiger partial charge in [0.2, 0.25) is 5.91 Å². The lowest BCUT2D eigenvalue weighted by Crippen LogP contribution is -2.42. The lowest BCUT2D eigenvalue weighted by atomic mass is 9.89. The Bertz CT molecular complexity index is 646. The van der Waals surface area contributed by atoms with Crippen LogP contribution < -0.4 is 25.0 Å². The molecule has 4 rings (SSSR count). The summed E-state index contributed by atoms with van der Waals surface area (Å²) in [5.41, 5.74) is 1.08. The minimum Gasteiger partial charge on any atom is -0.497 e. The maximum Gasteiger partial charge on any atom is 0.220 e. The highest BCUT2D eigenvalue weighted by atomic mass is 16.5. The van der Waals surface area contributed by atoms with Crippen LogP contribution in [0.3, 0.4) is 0 Å². The van der Waals surface area contributed by atoms with E-state index in [9.17, 15) is 4.79 Å². The van der Waals surface area contributed by atoms with Crippen LogP contribution in [-0.4, -0.2) is 51.3 Å². The number of nitrogens with zero attached hydrogens (tertiary/aromatic N) is 1. The van der Waals surface area contributed by atoms with Crippen molar-refractivity contribution in [3.63, 3.8) is 0 Å². The molecule has 27 heavy (non-hydrogen) atoms. The first-order chi connectivity index (χ1) is 13.1. The molecule has 0 spiro atoms. The van der Waals surface area contributed by atoms with E-state index in [0.717, 1.165) is 49.5 Å². The molecule has 0 saturated carbocycles. The molecule has 0 aromatic heterocycles. The Hall–Kier alpha value is -1.95. The van der Waals surface area contributed by atoms with Gasteiger partial charge in [0, 0.05) is 61.5 Å². The van der Waals surface area contributed by atoms with Crippen molar-refractivity contribution in [3.05, 3.63) is 18.2 Å². The topological polar surface area (TPSA) is 62.8 Å². The number of hydrogen-bond donors (Lipinski definition) is 2. The van der Waals surface area contributed by atoms with E-state index in [2.05, 4.69) is 15.5 Å². The third-order valence-corrected chi connectivity index (χ3v) is 6.30. The minimum atomic E-state index is 0.216. The number of anilines is 1. The quantitative estimate of drug-likeness (QED) is 0.801. The Morgan fingerprint density at radius 2 is 1.78 bits per heavy atom. The fraction of sp³-hybridized carbons (Fsp3) is 0.667. The second-order valence-corrected chi connectivity index (χ2v) is 8.25. The third-order valence-electron chi connectivity index (χ3n) is 6.30. The number of methoxy groups -OCH3 is 2. The summed E-state index contributed by atoms with van der Waals surface area (Å²) in [6.07, 6.45) is 6.53. The summed E-state index contributed by atoms with van der Waals surface area (Å²) in [6, 6.07) is 7.44. The Labute approximate surface area is 161 Å². The van der Waals surface area contributed by atoms with Crippen molar-refractivity contribution >= 4 is 11.6 Å². The van der Waals surface area contributed by atoms with Crippen LogP contribution >= 0.6 is 0 Å². The van der Waals surface area contributed by atoms with Crippen molar-refractivity contribution in [1.29, 1.82) is 0 Å².